The highest BCUT2D eigenvalue weighted by Gasteiger charge is 2.14. The van der Waals surface area contributed by atoms with Crippen molar-refractivity contribution in [3.63, 3.8) is 0 Å². The van der Waals surface area contributed by atoms with Gasteiger partial charge < -0.3 is 14.2 Å². The van der Waals surface area contributed by atoms with Crippen molar-refractivity contribution in [2.45, 2.75) is 187 Å². The smallest absolute Gasteiger partial charge is 0.306 e. The maximum Gasteiger partial charge on any atom is 0.306 e. The van der Waals surface area contributed by atoms with E-state index in [-0.39, 0.29) is 24.0 Å². The SMILES string of the molecule is CCCCCC/C=C\COC(=O)CCCCCCCC(CCCCCCCC(=O)OC/C=C\CCCCCC)OC(=O)CCCBr. The molecule has 0 bridgehead atoms. The fraction of sp³-hybridized carbons (Fsp3) is 0.821. The van der Waals surface area contributed by atoms with Crippen LogP contribution in [-0.2, 0) is 28.6 Å². The minimum absolute atomic E-state index is 0.0211. The molecule has 268 valence electrons. The molecular weight excluding hydrogens is 644 g/mol. The van der Waals surface area contributed by atoms with Crippen molar-refractivity contribution in [3.8, 4) is 0 Å². The summed E-state index contributed by atoms with van der Waals surface area (Å²) in [6.45, 7) is 5.19. The van der Waals surface area contributed by atoms with Crippen LogP contribution in [-0.4, -0.2) is 42.6 Å². The Kier molecular flexibility index (Phi) is 34.9. The third-order valence-corrected chi connectivity index (χ3v) is 8.65. The zero-order valence-electron chi connectivity index (χ0n) is 29.7. The summed E-state index contributed by atoms with van der Waals surface area (Å²) in [4.78, 5) is 36.2. The standard InChI is InChI=1S/C39H69BrO6/c1-3-5-7-9-11-19-25-34-44-37(41)30-23-17-13-15-21-28-36(46-39(43)32-27-33-40)29-22-16-14-18-24-31-38(42)45-35-26-20-12-10-8-6-4-2/h19-20,25-26,36H,3-18,21-24,27-35H2,1-2H3/b25-19-,26-20-. The Morgan fingerprint density at radius 3 is 1.37 bits per heavy atom. The first kappa shape index (κ1) is 44.4. The Balaban J connectivity index is 3.98. The highest BCUT2D eigenvalue weighted by Crippen LogP contribution is 2.18. The first-order valence-electron chi connectivity index (χ1n) is 18.9. The molecule has 0 aliphatic heterocycles. The lowest BCUT2D eigenvalue weighted by atomic mass is 10.0. The highest BCUT2D eigenvalue weighted by atomic mass is 79.9. The van der Waals surface area contributed by atoms with Gasteiger partial charge >= 0.3 is 17.9 Å². The summed E-state index contributed by atoms with van der Waals surface area (Å²) in [6, 6.07) is 0. The Labute approximate surface area is 291 Å². The molecule has 46 heavy (non-hydrogen) atoms. The van der Waals surface area contributed by atoms with Gasteiger partial charge in [-0.2, -0.15) is 0 Å². The lowest BCUT2D eigenvalue weighted by Gasteiger charge is -2.18. The number of halogens is 1. The van der Waals surface area contributed by atoms with Crippen molar-refractivity contribution < 1.29 is 28.6 Å². The van der Waals surface area contributed by atoms with Crippen LogP contribution in [0.15, 0.2) is 24.3 Å². The van der Waals surface area contributed by atoms with Gasteiger partial charge in [-0.15, -0.1) is 0 Å². The quantitative estimate of drug-likeness (QED) is 0.0217. The second-order valence-electron chi connectivity index (χ2n) is 12.5. The minimum Gasteiger partial charge on any atom is -0.462 e. The molecule has 0 radical (unpaired) electrons. The Morgan fingerprint density at radius 1 is 0.500 bits per heavy atom. The van der Waals surface area contributed by atoms with Crippen LogP contribution in [0.2, 0.25) is 0 Å². The molecule has 0 heterocycles. The summed E-state index contributed by atoms with van der Waals surface area (Å²) >= 11 is 3.39. The molecule has 0 saturated heterocycles. The van der Waals surface area contributed by atoms with Gasteiger partial charge in [0.2, 0.25) is 0 Å². The van der Waals surface area contributed by atoms with Gasteiger partial charge in [-0.05, 0) is 70.6 Å². The Morgan fingerprint density at radius 2 is 0.913 bits per heavy atom. The number of carbonyl (C=O) groups is 3. The molecule has 0 aromatic carbocycles. The van der Waals surface area contributed by atoms with Gasteiger partial charge in [0.15, 0.2) is 0 Å². The van der Waals surface area contributed by atoms with Crippen LogP contribution in [0.25, 0.3) is 0 Å². The second-order valence-corrected chi connectivity index (χ2v) is 13.3. The number of allylic oxidation sites excluding steroid dienone is 2. The van der Waals surface area contributed by atoms with Crippen LogP contribution in [0.4, 0.5) is 0 Å². The van der Waals surface area contributed by atoms with E-state index in [1.54, 1.807) is 0 Å². The molecule has 0 spiro atoms. The number of carbonyl (C=O) groups excluding carboxylic acids is 3. The number of hydrogen-bond acceptors (Lipinski definition) is 6. The molecule has 0 aromatic rings. The predicted octanol–water partition coefficient (Wildman–Crippen LogP) is 11.7. The molecule has 0 aliphatic carbocycles. The van der Waals surface area contributed by atoms with E-state index in [0.29, 0.717) is 32.5 Å². The predicted molar refractivity (Wildman–Crippen MR) is 195 cm³/mol. The van der Waals surface area contributed by atoms with Crippen molar-refractivity contribution in [1.29, 1.82) is 0 Å². The van der Waals surface area contributed by atoms with Crippen molar-refractivity contribution in [2.75, 3.05) is 18.5 Å². The molecule has 0 aliphatic rings. The van der Waals surface area contributed by atoms with Gasteiger partial charge in [0, 0.05) is 24.6 Å². The zero-order valence-corrected chi connectivity index (χ0v) is 31.3. The largest absolute Gasteiger partial charge is 0.462 e. The number of esters is 3. The van der Waals surface area contributed by atoms with E-state index in [1.807, 2.05) is 12.2 Å². The fourth-order valence-electron chi connectivity index (χ4n) is 5.24. The molecule has 0 fully saturated rings. The van der Waals surface area contributed by atoms with E-state index in [9.17, 15) is 14.4 Å². The number of alkyl halides is 1. The van der Waals surface area contributed by atoms with E-state index in [1.165, 1.54) is 51.4 Å². The van der Waals surface area contributed by atoms with E-state index in [0.717, 1.165) is 102 Å². The van der Waals surface area contributed by atoms with Crippen molar-refractivity contribution >= 4 is 33.8 Å². The molecule has 6 nitrogen and oxygen atoms in total. The van der Waals surface area contributed by atoms with Crippen LogP contribution in [0.1, 0.15) is 181 Å². The van der Waals surface area contributed by atoms with E-state index >= 15 is 0 Å². The van der Waals surface area contributed by atoms with Crippen LogP contribution in [0, 0.1) is 0 Å². The number of unbranched alkanes of at least 4 members (excludes halogenated alkanes) is 16. The average Bonchev–Trinajstić information content (AvgIpc) is 3.05. The molecule has 7 heteroatoms. The van der Waals surface area contributed by atoms with Gasteiger partial charge in [0.25, 0.3) is 0 Å². The topological polar surface area (TPSA) is 78.9 Å². The van der Waals surface area contributed by atoms with Gasteiger partial charge in [-0.25, -0.2) is 0 Å². The van der Waals surface area contributed by atoms with Crippen LogP contribution < -0.4 is 0 Å². The Bertz CT molecular complexity index is 714. The first-order valence-corrected chi connectivity index (χ1v) is 20.0. The molecular formula is C39H69BrO6. The summed E-state index contributed by atoms with van der Waals surface area (Å²) in [7, 11) is 0. The average molecular weight is 714 g/mol. The summed E-state index contributed by atoms with van der Waals surface area (Å²) in [5, 5.41) is 0.805. The third-order valence-electron chi connectivity index (χ3n) is 8.09. The molecule has 0 rings (SSSR count). The maximum atomic E-state index is 12.3. The zero-order chi connectivity index (χ0) is 33.8. The van der Waals surface area contributed by atoms with Crippen molar-refractivity contribution in [2.24, 2.45) is 0 Å². The van der Waals surface area contributed by atoms with Gasteiger partial charge in [0.1, 0.15) is 19.3 Å². The molecule has 0 unspecified atom stereocenters. The summed E-state index contributed by atoms with van der Waals surface area (Å²) in [6.07, 6.45) is 34.4. The van der Waals surface area contributed by atoms with Crippen molar-refractivity contribution in [3.05, 3.63) is 24.3 Å². The van der Waals surface area contributed by atoms with E-state index in [4.69, 9.17) is 14.2 Å². The van der Waals surface area contributed by atoms with Crippen LogP contribution >= 0.6 is 15.9 Å². The van der Waals surface area contributed by atoms with Gasteiger partial charge in [-0.3, -0.25) is 14.4 Å². The van der Waals surface area contributed by atoms with Gasteiger partial charge in [0.05, 0.1) is 0 Å². The van der Waals surface area contributed by atoms with E-state index < -0.39 is 0 Å². The lowest BCUT2D eigenvalue weighted by molar-refractivity contribution is -0.150. The molecule has 0 saturated carbocycles. The van der Waals surface area contributed by atoms with Crippen LogP contribution in [0.5, 0.6) is 0 Å². The van der Waals surface area contributed by atoms with Crippen molar-refractivity contribution in [1.82, 2.24) is 0 Å². The van der Waals surface area contributed by atoms with E-state index in [2.05, 4.69) is 41.9 Å². The molecule has 0 atom stereocenters. The highest BCUT2D eigenvalue weighted by molar-refractivity contribution is 9.09. The first-order chi connectivity index (χ1) is 22.5. The third kappa shape index (κ3) is 33.7. The monoisotopic (exact) mass is 712 g/mol. The molecule has 0 N–H and O–H groups in total. The molecule has 0 amide bonds. The summed E-state index contributed by atoms with van der Waals surface area (Å²) in [5.74, 6) is -0.316. The minimum atomic E-state index is -0.109. The van der Waals surface area contributed by atoms with Crippen LogP contribution in [0.3, 0.4) is 0 Å². The maximum absolute atomic E-state index is 12.3. The fourth-order valence-corrected chi connectivity index (χ4v) is 5.52. The number of hydrogen-bond donors (Lipinski definition) is 0. The normalized spacial score (nSPS) is 11.6. The number of ether oxygens (including phenoxy) is 3. The summed E-state index contributed by atoms with van der Waals surface area (Å²) in [5.41, 5.74) is 0. The Hall–Kier alpha value is -1.63. The summed E-state index contributed by atoms with van der Waals surface area (Å²) < 4.78 is 16.4. The molecule has 0 aromatic heterocycles. The van der Waals surface area contributed by atoms with Gasteiger partial charge in [-0.1, -0.05) is 131 Å². The number of rotatable bonds is 34. The second kappa shape index (κ2) is 36.2. The lowest BCUT2D eigenvalue weighted by Crippen LogP contribution is -2.18.